The summed E-state index contributed by atoms with van der Waals surface area (Å²) in [5, 5.41) is 0.328. The number of aromatic amines is 1. The van der Waals surface area contributed by atoms with Gasteiger partial charge in [-0.05, 0) is 45.0 Å². The number of aromatic nitrogens is 2. The molecule has 0 spiro atoms. The molecule has 1 aromatic heterocycles. The van der Waals surface area contributed by atoms with Gasteiger partial charge in [0.15, 0.2) is 0 Å². The average Bonchev–Trinajstić information content (AvgIpc) is 2.76. The molecule has 3 rings (SSSR count). The van der Waals surface area contributed by atoms with E-state index >= 15 is 0 Å². The number of hydrogen-bond donors (Lipinski definition) is 1. The van der Waals surface area contributed by atoms with E-state index in [2.05, 4.69) is 16.5 Å². The summed E-state index contributed by atoms with van der Waals surface area (Å²) in [4.78, 5) is 44.6. The van der Waals surface area contributed by atoms with Crippen LogP contribution < -0.4 is 10.3 Å². The first-order valence-electron chi connectivity index (χ1n) is 10.2. The number of H-pyrrole nitrogens is 1. The van der Waals surface area contributed by atoms with Gasteiger partial charge in [-0.1, -0.05) is 18.7 Å². The summed E-state index contributed by atoms with van der Waals surface area (Å²) in [5.74, 6) is -0.290. The van der Waals surface area contributed by atoms with E-state index in [-0.39, 0.29) is 28.9 Å². The van der Waals surface area contributed by atoms with Crippen molar-refractivity contribution < 1.29 is 23.8 Å². The SMILES string of the molecule is C=C(Cc1c(OC)cccc1-c1nc2cc(C(=O)OC(C)(C)C)ccc2c(=O)[nH]1)C(=O)OC. The van der Waals surface area contributed by atoms with Crippen molar-refractivity contribution in [1.29, 1.82) is 0 Å². The van der Waals surface area contributed by atoms with Gasteiger partial charge in [0.2, 0.25) is 0 Å². The largest absolute Gasteiger partial charge is 0.496 e. The Labute approximate surface area is 191 Å². The van der Waals surface area contributed by atoms with Crippen molar-refractivity contribution in [3.63, 3.8) is 0 Å². The number of carbonyl (C=O) groups is 2. The van der Waals surface area contributed by atoms with Gasteiger partial charge in [-0.2, -0.15) is 0 Å². The molecule has 3 aromatic rings. The molecule has 0 fully saturated rings. The Kier molecular flexibility index (Phi) is 6.67. The number of ether oxygens (including phenoxy) is 3. The van der Waals surface area contributed by atoms with Gasteiger partial charge in [0.25, 0.3) is 5.56 Å². The van der Waals surface area contributed by atoms with Gasteiger partial charge in [0.05, 0.1) is 30.7 Å². The van der Waals surface area contributed by atoms with Crippen LogP contribution in [0, 0.1) is 0 Å². The van der Waals surface area contributed by atoms with Crippen molar-refractivity contribution in [2.24, 2.45) is 0 Å². The fourth-order valence-electron chi connectivity index (χ4n) is 3.32. The maximum atomic E-state index is 12.8. The average molecular weight is 450 g/mol. The summed E-state index contributed by atoms with van der Waals surface area (Å²) in [6.07, 6.45) is 0.131. The molecule has 0 bridgehead atoms. The number of benzene rings is 2. The molecule has 0 aliphatic heterocycles. The minimum atomic E-state index is -0.656. The van der Waals surface area contributed by atoms with Crippen LogP contribution in [0.1, 0.15) is 36.7 Å². The van der Waals surface area contributed by atoms with Crippen LogP contribution in [0.2, 0.25) is 0 Å². The summed E-state index contributed by atoms with van der Waals surface area (Å²) >= 11 is 0. The van der Waals surface area contributed by atoms with E-state index in [1.54, 1.807) is 39.0 Å². The van der Waals surface area contributed by atoms with E-state index < -0.39 is 17.5 Å². The quantitative estimate of drug-likeness (QED) is 0.449. The Morgan fingerprint density at radius 1 is 1.12 bits per heavy atom. The van der Waals surface area contributed by atoms with E-state index in [0.717, 1.165) is 0 Å². The molecular formula is C25H26N2O6. The van der Waals surface area contributed by atoms with Crippen molar-refractivity contribution in [2.75, 3.05) is 14.2 Å². The summed E-state index contributed by atoms with van der Waals surface area (Å²) in [6.45, 7) is 9.12. The Balaban J connectivity index is 2.14. The molecule has 8 heteroatoms. The van der Waals surface area contributed by atoms with Gasteiger partial charge < -0.3 is 19.2 Å². The second-order valence-corrected chi connectivity index (χ2v) is 8.41. The van der Waals surface area contributed by atoms with Gasteiger partial charge >= 0.3 is 11.9 Å². The van der Waals surface area contributed by atoms with Crippen molar-refractivity contribution in [1.82, 2.24) is 9.97 Å². The number of nitrogens with one attached hydrogen (secondary N) is 1. The standard InChI is InChI=1S/C25H26N2O6/c1-14(23(29)32-6)12-18-16(8-7-9-20(18)31-5)21-26-19-13-15(24(30)33-25(2,3)4)10-11-17(19)22(28)27-21/h7-11,13H,1,12H2,2-6H3,(H,26,27,28). The highest BCUT2D eigenvalue weighted by Crippen LogP contribution is 2.31. The third kappa shape index (κ3) is 5.28. The number of fused-ring (bicyclic) bond motifs is 1. The second-order valence-electron chi connectivity index (χ2n) is 8.41. The van der Waals surface area contributed by atoms with Crippen molar-refractivity contribution in [2.45, 2.75) is 32.8 Å². The van der Waals surface area contributed by atoms with E-state index in [9.17, 15) is 14.4 Å². The Morgan fingerprint density at radius 2 is 1.85 bits per heavy atom. The monoisotopic (exact) mass is 450 g/mol. The van der Waals surface area contributed by atoms with E-state index in [4.69, 9.17) is 14.2 Å². The van der Waals surface area contributed by atoms with Gasteiger partial charge in [-0.15, -0.1) is 0 Å². The molecule has 0 radical (unpaired) electrons. The highest BCUT2D eigenvalue weighted by atomic mass is 16.6. The van der Waals surface area contributed by atoms with Crippen LogP contribution in [0.5, 0.6) is 5.75 Å². The van der Waals surface area contributed by atoms with Gasteiger partial charge in [0, 0.05) is 23.1 Å². The molecule has 1 heterocycles. The minimum absolute atomic E-state index is 0.131. The van der Waals surface area contributed by atoms with Crippen LogP contribution in [0.15, 0.2) is 53.3 Å². The number of carbonyl (C=O) groups excluding carboxylic acids is 2. The number of methoxy groups -OCH3 is 2. The highest BCUT2D eigenvalue weighted by Gasteiger charge is 2.20. The van der Waals surface area contributed by atoms with Gasteiger partial charge in [-0.3, -0.25) is 4.79 Å². The molecule has 2 aromatic carbocycles. The van der Waals surface area contributed by atoms with E-state index in [0.29, 0.717) is 27.8 Å². The van der Waals surface area contributed by atoms with Gasteiger partial charge in [0.1, 0.15) is 17.2 Å². The highest BCUT2D eigenvalue weighted by molar-refractivity contribution is 5.94. The summed E-state index contributed by atoms with van der Waals surface area (Å²) in [6, 6.07) is 9.84. The van der Waals surface area contributed by atoms with Crippen LogP contribution in [0.3, 0.4) is 0 Å². The third-order valence-electron chi connectivity index (χ3n) is 4.81. The fraction of sp³-hybridized carbons (Fsp3) is 0.280. The van der Waals surface area contributed by atoms with Crippen LogP contribution in [0.4, 0.5) is 0 Å². The van der Waals surface area contributed by atoms with Crippen molar-refractivity contribution in [3.05, 3.63) is 70.0 Å². The lowest BCUT2D eigenvalue weighted by Gasteiger charge is -2.19. The molecular weight excluding hydrogens is 424 g/mol. The Hall–Kier alpha value is -3.94. The molecule has 0 amide bonds. The van der Waals surface area contributed by atoms with E-state index in [1.807, 2.05) is 0 Å². The molecule has 0 saturated carbocycles. The summed E-state index contributed by atoms with van der Waals surface area (Å²) < 4.78 is 15.6. The molecule has 0 atom stereocenters. The lowest BCUT2D eigenvalue weighted by atomic mass is 9.98. The zero-order valence-corrected chi connectivity index (χ0v) is 19.3. The van der Waals surface area contributed by atoms with Crippen molar-refractivity contribution in [3.8, 4) is 17.1 Å². The predicted molar refractivity (Wildman–Crippen MR) is 124 cm³/mol. The van der Waals surface area contributed by atoms with Crippen LogP contribution in [-0.2, 0) is 20.7 Å². The smallest absolute Gasteiger partial charge is 0.338 e. The number of nitrogens with zero attached hydrogens (tertiary/aromatic N) is 1. The van der Waals surface area contributed by atoms with E-state index in [1.165, 1.54) is 32.4 Å². The maximum absolute atomic E-state index is 12.8. The lowest BCUT2D eigenvalue weighted by molar-refractivity contribution is -0.136. The summed E-state index contributed by atoms with van der Waals surface area (Å²) in [7, 11) is 2.79. The normalized spacial score (nSPS) is 11.2. The van der Waals surface area contributed by atoms with Crippen LogP contribution >= 0.6 is 0 Å². The second kappa shape index (κ2) is 9.28. The molecule has 33 heavy (non-hydrogen) atoms. The topological polar surface area (TPSA) is 108 Å². The molecule has 172 valence electrons. The maximum Gasteiger partial charge on any atom is 0.338 e. The summed E-state index contributed by atoms with van der Waals surface area (Å²) in [5.41, 5.74) is 0.979. The Morgan fingerprint density at radius 3 is 2.48 bits per heavy atom. The first-order valence-corrected chi connectivity index (χ1v) is 10.2. The van der Waals surface area contributed by atoms with Crippen LogP contribution in [-0.4, -0.2) is 41.7 Å². The molecule has 0 aliphatic carbocycles. The molecule has 0 unspecified atom stereocenters. The van der Waals surface area contributed by atoms with Crippen molar-refractivity contribution >= 4 is 22.8 Å². The molecule has 1 N–H and O–H groups in total. The molecule has 0 saturated heterocycles. The number of esters is 2. The van der Waals surface area contributed by atoms with Crippen LogP contribution in [0.25, 0.3) is 22.3 Å². The molecule has 8 nitrogen and oxygen atoms in total. The minimum Gasteiger partial charge on any atom is -0.496 e. The fourth-order valence-corrected chi connectivity index (χ4v) is 3.32. The first kappa shape index (κ1) is 23.7. The number of hydrogen-bond acceptors (Lipinski definition) is 7. The number of rotatable bonds is 6. The zero-order valence-electron chi connectivity index (χ0n) is 19.3. The van der Waals surface area contributed by atoms with Gasteiger partial charge in [-0.25, -0.2) is 14.6 Å². The zero-order chi connectivity index (χ0) is 24.3. The Bertz CT molecular complexity index is 1300. The predicted octanol–water partition coefficient (Wildman–Crippen LogP) is 3.83. The third-order valence-corrected chi connectivity index (χ3v) is 4.81. The molecule has 0 aliphatic rings. The lowest BCUT2D eigenvalue weighted by Crippen LogP contribution is -2.24. The first-order chi connectivity index (χ1) is 15.5.